The molecular formula is C23H16N2O3. The Morgan fingerprint density at radius 1 is 0.786 bits per heavy atom. The highest BCUT2D eigenvalue weighted by atomic mass is 16.6. The number of aromatic nitrogens is 1. The smallest absolute Gasteiger partial charge is 0.269 e. The molecule has 0 bridgehead atoms. The first-order chi connectivity index (χ1) is 13.7. The van der Waals surface area contributed by atoms with E-state index in [1.807, 2.05) is 71.3 Å². The van der Waals surface area contributed by atoms with E-state index in [1.165, 1.54) is 12.1 Å². The third-order valence-electron chi connectivity index (χ3n) is 4.59. The average molecular weight is 368 g/mol. The fourth-order valence-electron chi connectivity index (χ4n) is 3.32. The lowest BCUT2D eigenvalue weighted by atomic mass is 10.1. The zero-order valence-electron chi connectivity index (χ0n) is 14.9. The Morgan fingerprint density at radius 2 is 1.36 bits per heavy atom. The first-order valence-corrected chi connectivity index (χ1v) is 8.75. The second-order valence-corrected chi connectivity index (χ2v) is 6.29. The van der Waals surface area contributed by atoms with Gasteiger partial charge in [0.25, 0.3) is 5.69 Å². The van der Waals surface area contributed by atoms with Crippen molar-refractivity contribution in [2.24, 2.45) is 0 Å². The predicted molar refractivity (Wildman–Crippen MR) is 109 cm³/mol. The van der Waals surface area contributed by atoms with E-state index in [-0.39, 0.29) is 5.69 Å². The second-order valence-electron chi connectivity index (χ2n) is 6.29. The third kappa shape index (κ3) is 3.10. The molecule has 0 saturated carbocycles. The number of carbonyl (C=O) groups is 1. The largest absolute Gasteiger partial charge is 0.309 e. The van der Waals surface area contributed by atoms with Crippen LogP contribution in [0.4, 0.5) is 5.69 Å². The van der Waals surface area contributed by atoms with Crippen LogP contribution in [0.5, 0.6) is 0 Å². The average Bonchev–Trinajstić information content (AvgIpc) is 3.15. The van der Waals surface area contributed by atoms with Crippen LogP contribution in [0, 0.1) is 10.1 Å². The molecule has 0 amide bonds. The summed E-state index contributed by atoms with van der Waals surface area (Å²) in [6, 6.07) is 27.6. The maximum atomic E-state index is 11.9. The minimum Gasteiger partial charge on any atom is -0.309 e. The highest BCUT2D eigenvalue weighted by molar-refractivity contribution is 5.91. The Balaban J connectivity index is 2.02. The lowest BCUT2D eigenvalue weighted by Crippen LogP contribution is -2.01. The van der Waals surface area contributed by atoms with Gasteiger partial charge in [-0.2, -0.15) is 0 Å². The van der Waals surface area contributed by atoms with Gasteiger partial charge in [0.05, 0.1) is 16.3 Å². The van der Waals surface area contributed by atoms with Gasteiger partial charge < -0.3 is 4.57 Å². The van der Waals surface area contributed by atoms with Crippen molar-refractivity contribution in [3.05, 3.63) is 107 Å². The summed E-state index contributed by atoms with van der Waals surface area (Å²) in [5.41, 5.74) is 4.77. The predicted octanol–water partition coefficient (Wildman–Crippen LogP) is 5.53. The van der Waals surface area contributed by atoms with Gasteiger partial charge in [-0.1, -0.05) is 60.7 Å². The molecular weight excluding hydrogens is 352 g/mol. The van der Waals surface area contributed by atoms with E-state index in [9.17, 15) is 14.9 Å². The summed E-state index contributed by atoms with van der Waals surface area (Å²) in [5.74, 6) is 0. The zero-order chi connectivity index (χ0) is 19.5. The highest BCUT2D eigenvalue weighted by Gasteiger charge is 2.19. The van der Waals surface area contributed by atoms with Crippen LogP contribution in [-0.2, 0) is 0 Å². The van der Waals surface area contributed by atoms with E-state index in [1.54, 1.807) is 12.1 Å². The van der Waals surface area contributed by atoms with E-state index in [2.05, 4.69) is 0 Å². The molecule has 0 saturated heterocycles. The number of nitro benzene ring substituents is 1. The van der Waals surface area contributed by atoms with Crippen molar-refractivity contribution < 1.29 is 9.72 Å². The van der Waals surface area contributed by atoms with Gasteiger partial charge in [-0.25, -0.2) is 0 Å². The Labute approximate surface area is 161 Å². The molecule has 136 valence electrons. The van der Waals surface area contributed by atoms with Crippen LogP contribution in [0.1, 0.15) is 10.4 Å². The first-order valence-electron chi connectivity index (χ1n) is 8.75. The maximum absolute atomic E-state index is 11.9. The number of non-ortho nitro benzene ring substituents is 1. The van der Waals surface area contributed by atoms with Gasteiger partial charge in [0, 0.05) is 23.4 Å². The number of hydrogen-bond acceptors (Lipinski definition) is 3. The number of rotatable bonds is 5. The molecule has 3 aromatic carbocycles. The normalized spacial score (nSPS) is 10.6. The van der Waals surface area contributed by atoms with Crippen LogP contribution in [0.25, 0.3) is 28.2 Å². The fourth-order valence-corrected chi connectivity index (χ4v) is 3.32. The van der Waals surface area contributed by atoms with Gasteiger partial charge in [-0.05, 0) is 29.3 Å². The topological polar surface area (TPSA) is 65.1 Å². The van der Waals surface area contributed by atoms with Gasteiger partial charge in [0.1, 0.15) is 0 Å². The first kappa shape index (κ1) is 17.4. The lowest BCUT2D eigenvalue weighted by Gasteiger charge is -2.14. The summed E-state index contributed by atoms with van der Waals surface area (Å²) in [6.45, 7) is 0. The van der Waals surface area contributed by atoms with Crippen molar-refractivity contribution in [1.82, 2.24) is 4.57 Å². The monoisotopic (exact) mass is 368 g/mol. The molecule has 0 spiro atoms. The summed E-state index contributed by atoms with van der Waals surface area (Å²) < 4.78 is 1.97. The molecule has 0 radical (unpaired) electrons. The summed E-state index contributed by atoms with van der Waals surface area (Å²) in [7, 11) is 0. The zero-order valence-corrected chi connectivity index (χ0v) is 14.9. The molecule has 1 heterocycles. The SMILES string of the molecule is O=Cc1cc(-c2ccccc2)n(-c2ccc([N+](=O)[O-])cc2)c1-c1ccccc1. The third-order valence-corrected chi connectivity index (χ3v) is 4.59. The van der Waals surface area contributed by atoms with E-state index in [0.717, 1.165) is 34.5 Å². The summed E-state index contributed by atoms with van der Waals surface area (Å²) in [4.78, 5) is 22.5. The standard InChI is InChI=1S/C23H16N2O3/c26-16-19-15-22(17-7-3-1-4-8-17)24(23(19)18-9-5-2-6-10-18)20-11-13-21(14-12-20)25(27)28/h1-16H. The maximum Gasteiger partial charge on any atom is 0.269 e. The van der Waals surface area contributed by atoms with Crippen molar-refractivity contribution in [2.75, 3.05) is 0 Å². The van der Waals surface area contributed by atoms with Crippen molar-refractivity contribution in [3.63, 3.8) is 0 Å². The quantitative estimate of drug-likeness (QED) is 0.264. The number of nitro groups is 1. The van der Waals surface area contributed by atoms with Crippen molar-refractivity contribution >= 4 is 12.0 Å². The van der Waals surface area contributed by atoms with E-state index < -0.39 is 4.92 Å². The Morgan fingerprint density at radius 3 is 1.89 bits per heavy atom. The molecule has 4 aromatic rings. The summed E-state index contributed by atoms with van der Waals surface area (Å²) in [6.07, 6.45) is 0.844. The molecule has 4 rings (SSSR count). The Bertz CT molecular complexity index is 1130. The number of nitrogens with zero attached hydrogens (tertiary/aromatic N) is 2. The fraction of sp³-hybridized carbons (Fsp3) is 0. The summed E-state index contributed by atoms with van der Waals surface area (Å²) >= 11 is 0. The minimum absolute atomic E-state index is 0.0223. The van der Waals surface area contributed by atoms with E-state index in [0.29, 0.717) is 5.56 Å². The van der Waals surface area contributed by atoms with Crippen LogP contribution < -0.4 is 0 Å². The van der Waals surface area contributed by atoms with Gasteiger partial charge in [-0.3, -0.25) is 14.9 Å². The molecule has 0 aliphatic carbocycles. The van der Waals surface area contributed by atoms with Gasteiger partial charge >= 0.3 is 0 Å². The van der Waals surface area contributed by atoms with Crippen molar-refractivity contribution in [1.29, 1.82) is 0 Å². The van der Waals surface area contributed by atoms with E-state index in [4.69, 9.17) is 0 Å². The van der Waals surface area contributed by atoms with Crippen LogP contribution in [0.2, 0.25) is 0 Å². The molecule has 28 heavy (non-hydrogen) atoms. The Hall–Kier alpha value is -3.99. The summed E-state index contributed by atoms with van der Waals surface area (Å²) in [5, 5.41) is 11.0. The van der Waals surface area contributed by atoms with Crippen LogP contribution in [0.15, 0.2) is 91.0 Å². The van der Waals surface area contributed by atoms with Gasteiger partial charge in [-0.15, -0.1) is 0 Å². The molecule has 0 aliphatic heterocycles. The lowest BCUT2D eigenvalue weighted by molar-refractivity contribution is -0.384. The van der Waals surface area contributed by atoms with Crippen LogP contribution in [-0.4, -0.2) is 15.8 Å². The van der Waals surface area contributed by atoms with Crippen molar-refractivity contribution in [3.8, 4) is 28.2 Å². The molecule has 0 aliphatic rings. The highest BCUT2D eigenvalue weighted by Crippen LogP contribution is 2.35. The molecule has 5 nitrogen and oxygen atoms in total. The molecule has 0 unspecified atom stereocenters. The molecule has 1 aromatic heterocycles. The van der Waals surface area contributed by atoms with Crippen molar-refractivity contribution in [2.45, 2.75) is 0 Å². The van der Waals surface area contributed by atoms with Crippen LogP contribution in [0.3, 0.4) is 0 Å². The minimum atomic E-state index is -0.424. The number of benzene rings is 3. The number of carbonyl (C=O) groups excluding carboxylic acids is 1. The molecule has 0 atom stereocenters. The van der Waals surface area contributed by atoms with E-state index >= 15 is 0 Å². The van der Waals surface area contributed by atoms with Gasteiger partial charge in [0.15, 0.2) is 6.29 Å². The molecule has 0 N–H and O–H groups in total. The second kappa shape index (κ2) is 7.32. The number of aldehydes is 1. The Kier molecular flexibility index (Phi) is 4.56. The van der Waals surface area contributed by atoms with Gasteiger partial charge in [0.2, 0.25) is 0 Å². The number of hydrogen-bond donors (Lipinski definition) is 0. The molecule has 0 fully saturated rings. The van der Waals surface area contributed by atoms with Crippen LogP contribution >= 0.6 is 0 Å². The molecule has 5 heteroatoms.